The first-order valence-electron chi connectivity index (χ1n) is 40.5. The quantitative estimate of drug-likeness (QED) is 0.0146. The number of carbonyl (C=O) groups is 3. The molecule has 0 fully saturated rings. The predicted octanol–water partition coefficient (Wildman–Crippen LogP) is 23.9. The van der Waals surface area contributed by atoms with Crippen LogP contribution in [0.1, 0.15) is 329 Å². The standard InChI is InChI=1S/C85H146O16P2/c1-4-7-10-13-16-19-22-25-28-30-32-33-34-35-36-37-38-39-40-41-42-43-44-45-47-49-51-53-56-59-62-65-68-71-83(88)95-74-80(86)75-97-102(91,92)98-76-81(87)77-99-103(93,94)100-79-82(101-85(90)73-70-67-64-61-58-55-50-27-24-21-18-15-12-9-6-3)78-96-84(89)72-69-66-63-60-57-54-52-48-46-31-29-26-23-20-17-14-11-8-5-2/h8,11,16-17,19-20,25-29,32-33,35-36,46,48,50,54,57,63,66,80-82,86-87H,4-7,9-10,12-15,18,21-24,30-31,34,37-45,47,49,51-53,55-56,58-62,64-65,67-79H2,1-3H3,(H,91,92)(H,93,94)/b11-8-,19-16-,20-17-,28-25-,29-26-,33-32-,36-35-,48-46-,50-27-,57-54-,66-63-. The van der Waals surface area contributed by atoms with Gasteiger partial charge in [0.15, 0.2) is 6.10 Å². The first-order valence-corrected chi connectivity index (χ1v) is 43.5. The highest BCUT2D eigenvalue weighted by Crippen LogP contribution is 2.45. The first kappa shape index (κ1) is 98.7. The fourth-order valence-electron chi connectivity index (χ4n) is 10.7. The maximum Gasteiger partial charge on any atom is 0.472 e. The molecule has 592 valence electrons. The maximum absolute atomic E-state index is 12.9. The number of unbranched alkanes of at least 4 members (excludes halogenated alkanes) is 31. The summed E-state index contributed by atoms with van der Waals surface area (Å²) in [6.45, 7) is 2.45. The van der Waals surface area contributed by atoms with Crippen LogP contribution in [0.15, 0.2) is 134 Å². The molecule has 18 heteroatoms. The number of aliphatic hydroxyl groups excluding tert-OH is 2. The Labute approximate surface area is 626 Å². The Bertz CT molecular complexity index is 2410. The number of allylic oxidation sites excluding steroid dienone is 22. The number of aliphatic hydroxyl groups is 2. The molecular formula is C85H146O16P2. The molecule has 0 saturated heterocycles. The molecular weight excluding hydrogens is 1340 g/mol. The van der Waals surface area contributed by atoms with Gasteiger partial charge in [-0.05, 0) is 128 Å². The van der Waals surface area contributed by atoms with Crippen LogP contribution in [-0.4, -0.2) is 95.9 Å². The van der Waals surface area contributed by atoms with Crippen molar-refractivity contribution in [2.24, 2.45) is 0 Å². The second-order valence-electron chi connectivity index (χ2n) is 26.8. The molecule has 0 saturated carbocycles. The molecule has 0 aliphatic carbocycles. The van der Waals surface area contributed by atoms with E-state index in [2.05, 4.69) is 136 Å². The second-order valence-corrected chi connectivity index (χ2v) is 29.7. The molecule has 103 heavy (non-hydrogen) atoms. The molecule has 0 amide bonds. The van der Waals surface area contributed by atoms with Crippen molar-refractivity contribution in [2.45, 2.75) is 347 Å². The van der Waals surface area contributed by atoms with Crippen molar-refractivity contribution in [2.75, 3.05) is 39.6 Å². The van der Waals surface area contributed by atoms with Crippen LogP contribution in [0.5, 0.6) is 0 Å². The van der Waals surface area contributed by atoms with Crippen LogP contribution in [0.2, 0.25) is 0 Å². The zero-order valence-electron chi connectivity index (χ0n) is 64.7. The van der Waals surface area contributed by atoms with E-state index in [1.54, 1.807) is 0 Å². The van der Waals surface area contributed by atoms with Crippen molar-refractivity contribution < 1.29 is 75.8 Å². The van der Waals surface area contributed by atoms with Crippen molar-refractivity contribution in [3.05, 3.63) is 134 Å². The van der Waals surface area contributed by atoms with Crippen molar-refractivity contribution in [1.29, 1.82) is 0 Å². The summed E-state index contributed by atoms with van der Waals surface area (Å²) in [6, 6.07) is 0. The molecule has 0 rings (SSSR count). The van der Waals surface area contributed by atoms with E-state index in [4.69, 9.17) is 32.3 Å². The zero-order chi connectivity index (χ0) is 75.2. The minimum atomic E-state index is -4.95. The van der Waals surface area contributed by atoms with Crippen LogP contribution in [0, 0.1) is 0 Å². The van der Waals surface area contributed by atoms with Crippen molar-refractivity contribution >= 4 is 33.6 Å². The van der Waals surface area contributed by atoms with Gasteiger partial charge in [-0.2, -0.15) is 0 Å². The fourth-order valence-corrected chi connectivity index (χ4v) is 12.3. The van der Waals surface area contributed by atoms with E-state index in [-0.39, 0.29) is 19.3 Å². The molecule has 4 N–H and O–H groups in total. The van der Waals surface area contributed by atoms with Crippen LogP contribution in [0.25, 0.3) is 0 Å². The second kappa shape index (κ2) is 77.3. The number of phosphoric acid groups is 2. The summed E-state index contributed by atoms with van der Waals surface area (Å²) < 4.78 is 61.0. The van der Waals surface area contributed by atoms with Crippen molar-refractivity contribution in [3.63, 3.8) is 0 Å². The number of rotatable bonds is 76. The highest BCUT2D eigenvalue weighted by atomic mass is 31.2. The molecule has 0 aromatic rings. The van der Waals surface area contributed by atoms with E-state index in [0.717, 1.165) is 109 Å². The van der Waals surface area contributed by atoms with Crippen molar-refractivity contribution in [3.8, 4) is 0 Å². The number of ether oxygens (including phenoxy) is 3. The van der Waals surface area contributed by atoms with Gasteiger partial charge in [0, 0.05) is 19.3 Å². The highest BCUT2D eigenvalue weighted by Gasteiger charge is 2.29. The van der Waals surface area contributed by atoms with E-state index in [9.17, 15) is 43.5 Å². The Kier molecular flexibility index (Phi) is 74.1. The maximum atomic E-state index is 12.9. The average molecular weight is 1490 g/mol. The lowest BCUT2D eigenvalue weighted by Crippen LogP contribution is -2.30. The Balaban J connectivity index is 4.48. The van der Waals surface area contributed by atoms with Gasteiger partial charge in [0.05, 0.1) is 26.4 Å². The SMILES string of the molecule is CC/C=C\C/C=C\C/C=C\C/C=C\C/C=C\C/C=C\CCC(=O)OCC(COP(=O)(O)OCC(O)COP(=O)(O)OCC(O)COC(=O)CCCCCCCCCCCCCCCCCCC/C=C\C/C=C\C/C=C\C/C=C\CCCCC)OC(=O)CCCCCCC/C=C\CCCCCCCC. The van der Waals surface area contributed by atoms with Crippen LogP contribution in [0.4, 0.5) is 0 Å². The number of hydrogen-bond acceptors (Lipinski definition) is 14. The molecule has 0 aromatic heterocycles. The molecule has 0 heterocycles. The molecule has 0 aliphatic rings. The summed E-state index contributed by atoms with van der Waals surface area (Å²) in [6.07, 6.45) is 93.9. The van der Waals surface area contributed by atoms with Gasteiger partial charge in [-0.3, -0.25) is 32.5 Å². The molecule has 0 spiro atoms. The minimum Gasteiger partial charge on any atom is -0.463 e. The van der Waals surface area contributed by atoms with E-state index in [1.165, 1.54) is 154 Å². The van der Waals surface area contributed by atoms with E-state index in [1.807, 2.05) is 18.2 Å². The van der Waals surface area contributed by atoms with Crippen molar-refractivity contribution in [1.82, 2.24) is 0 Å². The molecule has 16 nitrogen and oxygen atoms in total. The third kappa shape index (κ3) is 78.6. The van der Waals surface area contributed by atoms with Gasteiger partial charge >= 0.3 is 33.6 Å². The Hall–Kier alpha value is -4.31. The third-order valence-corrected chi connectivity index (χ3v) is 18.7. The molecule has 0 aliphatic heterocycles. The van der Waals surface area contributed by atoms with Gasteiger partial charge < -0.3 is 34.2 Å². The molecule has 0 aromatic carbocycles. The summed E-state index contributed by atoms with van der Waals surface area (Å²) in [7, 11) is -9.81. The van der Waals surface area contributed by atoms with Gasteiger partial charge in [-0.25, -0.2) is 9.13 Å². The zero-order valence-corrected chi connectivity index (χ0v) is 66.5. The van der Waals surface area contributed by atoms with E-state index in [0.29, 0.717) is 25.7 Å². The van der Waals surface area contributed by atoms with Crippen LogP contribution >= 0.6 is 15.6 Å². The number of carbonyl (C=O) groups excluding carboxylic acids is 3. The van der Waals surface area contributed by atoms with Gasteiger partial charge in [-0.15, -0.1) is 0 Å². The summed E-state index contributed by atoms with van der Waals surface area (Å²) in [5.74, 6) is -1.68. The summed E-state index contributed by atoms with van der Waals surface area (Å²) in [4.78, 5) is 58.6. The third-order valence-electron chi connectivity index (χ3n) is 16.8. The number of esters is 3. The fraction of sp³-hybridized carbons (Fsp3) is 0.706. The molecule has 0 radical (unpaired) electrons. The Morgan fingerprint density at radius 3 is 0.903 bits per heavy atom. The van der Waals surface area contributed by atoms with Crippen LogP contribution < -0.4 is 0 Å². The van der Waals surface area contributed by atoms with Crippen LogP contribution in [0.3, 0.4) is 0 Å². The largest absolute Gasteiger partial charge is 0.472 e. The van der Waals surface area contributed by atoms with Gasteiger partial charge in [-0.1, -0.05) is 315 Å². The predicted molar refractivity (Wildman–Crippen MR) is 426 cm³/mol. The molecule has 5 unspecified atom stereocenters. The van der Waals surface area contributed by atoms with Crippen LogP contribution in [-0.2, 0) is 55.8 Å². The lowest BCUT2D eigenvalue weighted by atomic mass is 10.0. The average Bonchev–Trinajstić information content (AvgIpc) is 0.917. The summed E-state index contributed by atoms with van der Waals surface area (Å²) in [5, 5.41) is 20.6. The summed E-state index contributed by atoms with van der Waals surface area (Å²) in [5.41, 5.74) is 0. The van der Waals surface area contributed by atoms with Gasteiger partial charge in [0.2, 0.25) is 0 Å². The Morgan fingerprint density at radius 2 is 0.534 bits per heavy atom. The number of phosphoric ester groups is 2. The minimum absolute atomic E-state index is 0.0415. The molecule has 0 bridgehead atoms. The topological polar surface area (TPSA) is 231 Å². The van der Waals surface area contributed by atoms with Gasteiger partial charge in [0.1, 0.15) is 25.4 Å². The first-order chi connectivity index (χ1) is 50.2. The highest BCUT2D eigenvalue weighted by molar-refractivity contribution is 7.47. The van der Waals surface area contributed by atoms with E-state index < -0.39 is 91.5 Å². The smallest absolute Gasteiger partial charge is 0.463 e. The Morgan fingerprint density at radius 1 is 0.282 bits per heavy atom. The summed E-state index contributed by atoms with van der Waals surface area (Å²) >= 11 is 0. The number of hydrogen-bond donors (Lipinski definition) is 4. The monoisotopic (exact) mass is 1490 g/mol. The van der Waals surface area contributed by atoms with Gasteiger partial charge in [0.25, 0.3) is 0 Å². The lowest BCUT2D eigenvalue weighted by molar-refractivity contribution is -0.161. The lowest BCUT2D eigenvalue weighted by Gasteiger charge is -2.21. The van der Waals surface area contributed by atoms with E-state index >= 15 is 0 Å². The molecule has 5 atom stereocenters. The normalized spacial score (nSPS) is 14.7.